The van der Waals surface area contributed by atoms with Gasteiger partial charge in [-0.15, -0.1) is 0 Å². The lowest BCUT2D eigenvalue weighted by molar-refractivity contribution is 0.578. The normalized spacial score (nSPS) is 22.8. The largest absolute Gasteiger partial charge is 0.389 e. The van der Waals surface area contributed by atoms with E-state index in [2.05, 4.69) is 4.72 Å². The van der Waals surface area contributed by atoms with E-state index in [0.717, 1.165) is 6.42 Å². The van der Waals surface area contributed by atoms with E-state index in [1.807, 2.05) is 6.92 Å². The molecule has 0 bridgehead atoms. The van der Waals surface area contributed by atoms with Crippen LogP contribution in [0.25, 0.3) is 0 Å². The fourth-order valence-corrected chi connectivity index (χ4v) is 3.65. The third kappa shape index (κ3) is 2.83. The van der Waals surface area contributed by atoms with Crippen LogP contribution < -0.4 is 10.5 Å². The van der Waals surface area contributed by atoms with Crippen molar-refractivity contribution in [1.82, 2.24) is 4.72 Å². The van der Waals surface area contributed by atoms with E-state index in [1.54, 1.807) is 6.07 Å². The first kappa shape index (κ1) is 13.7. The van der Waals surface area contributed by atoms with Crippen molar-refractivity contribution in [3.63, 3.8) is 0 Å². The Hall–Kier alpha value is -0.690. The van der Waals surface area contributed by atoms with Gasteiger partial charge in [-0.25, -0.2) is 13.1 Å². The average molecular weight is 305 g/mol. The molecule has 2 rings (SSSR count). The van der Waals surface area contributed by atoms with E-state index in [1.165, 1.54) is 12.1 Å². The highest BCUT2D eigenvalue weighted by molar-refractivity contribution is 7.89. The van der Waals surface area contributed by atoms with Crippen molar-refractivity contribution in [3.8, 4) is 0 Å². The molecule has 0 spiro atoms. The van der Waals surface area contributed by atoms with Crippen LogP contribution in [0, 0.1) is 5.92 Å². The van der Waals surface area contributed by atoms with Crippen LogP contribution in [0.4, 0.5) is 0 Å². The summed E-state index contributed by atoms with van der Waals surface area (Å²) in [6.07, 6.45) is 0.863. The molecule has 0 amide bonds. The van der Waals surface area contributed by atoms with Crippen LogP contribution in [0.15, 0.2) is 23.1 Å². The average Bonchev–Trinajstić information content (AvgIpc) is 2.92. The van der Waals surface area contributed by atoms with Crippen LogP contribution in [0.1, 0.15) is 18.9 Å². The fraction of sp³-hybridized carbons (Fsp3) is 0.364. The van der Waals surface area contributed by atoms with Gasteiger partial charge in [0.2, 0.25) is 10.0 Å². The molecule has 0 radical (unpaired) electrons. The van der Waals surface area contributed by atoms with Gasteiger partial charge in [0.15, 0.2) is 0 Å². The standard InChI is InChI=1S/C11H13ClN2O2S2/c1-6-4-9(6)14-18(15,16)10-3-2-7(11(13)17)5-8(10)12/h2-3,5-6,9,14H,4H2,1H3,(H2,13,17). The number of hydrogen-bond donors (Lipinski definition) is 2. The number of thiocarbonyl (C=S) groups is 1. The van der Waals surface area contributed by atoms with Crippen molar-refractivity contribution >= 4 is 38.8 Å². The van der Waals surface area contributed by atoms with Crippen molar-refractivity contribution in [2.45, 2.75) is 24.3 Å². The minimum atomic E-state index is -3.57. The molecule has 0 aliphatic heterocycles. The SMILES string of the molecule is CC1CC1NS(=O)(=O)c1ccc(C(N)=S)cc1Cl. The molecule has 3 N–H and O–H groups in total. The second kappa shape index (κ2) is 4.77. The van der Waals surface area contributed by atoms with Gasteiger partial charge >= 0.3 is 0 Å². The number of rotatable bonds is 4. The highest BCUT2D eigenvalue weighted by Crippen LogP contribution is 2.32. The molecule has 0 saturated heterocycles. The van der Waals surface area contributed by atoms with Gasteiger partial charge in [-0.05, 0) is 24.5 Å². The summed E-state index contributed by atoms with van der Waals surface area (Å²) < 4.78 is 26.8. The number of hydrogen-bond acceptors (Lipinski definition) is 3. The molecule has 7 heteroatoms. The first-order valence-electron chi connectivity index (χ1n) is 5.43. The molecule has 1 aliphatic carbocycles. The van der Waals surface area contributed by atoms with Gasteiger partial charge in [-0.1, -0.05) is 36.8 Å². The van der Waals surface area contributed by atoms with Gasteiger partial charge < -0.3 is 5.73 Å². The van der Waals surface area contributed by atoms with E-state index in [9.17, 15) is 8.42 Å². The first-order chi connectivity index (χ1) is 8.31. The van der Waals surface area contributed by atoms with E-state index >= 15 is 0 Å². The van der Waals surface area contributed by atoms with Gasteiger partial charge in [0.1, 0.15) is 9.88 Å². The van der Waals surface area contributed by atoms with Crippen LogP contribution in [0.5, 0.6) is 0 Å². The van der Waals surface area contributed by atoms with Gasteiger partial charge in [0.25, 0.3) is 0 Å². The third-order valence-electron chi connectivity index (χ3n) is 2.92. The summed E-state index contributed by atoms with van der Waals surface area (Å²) in [4.78, 5) is 0.243. The third-order valence-corrected chi connectivity index (χ3v) is 5.13. The Balaban J connectivity index is 2.30. The van der Waals surface area contributed by atoms with Crippen molar-refractivity contribution in [3.05, 3.63) is 28.8 Å². The summed E-state index contributed by atoms with van der Waals surface area (Å²) >= 11 is 10.8. The van der Waals surface area contributed by atoms with E-state index in [-0.39, 0.29) is 20.9 Å². The first-order valence-corrected chi connectivity index (χ1v) is 7.70. The zero-order valence-corrected chi connectivity index (χ0v) is 12.1. The van der Waals surface area contributed by atoms with Crippen LogP contribution in [-0.2, 0) is 10.0 Å². The molecule has 18 heavy (non-hydrogen) atoms. The Morgan fingerprint density at radius 2 is 2.17 bits per heavy atom. The molecular weight excluding hydrogens is 292 g/mol. The van der Waals surface area contributed by atoms with Gasteiger partial charge in [0, 0.05) is 11.6 Å². The second-order valence-electron chi connectivity index (χ2n) is 4.45. The number of nitrogens with one attached hydrogen (secondary N) is 1. The molecule has 1 saturated carbocycles. The highest BCUT2D eigenvalue weighted by atomic mass is 35.5. The van der Waals surface area contributed by atoms with E-state index in [4.69, 9.17) is 29.6 Å². The summed E-state index contributed by atoms with van der Waals surface area (Å²) in [6, 6.07) is 4.46. The second-order valence-corrected chi connectivity index (χ2v) is 6.98. The molecule has 2 atom stereocenters. The maximum Gasteiger partial charge on any atom is 0.242 e. The number of sulfonamides is 1. The zero-order valence-electron chi connectivity index (χ0n) is 9.68. The molecule has 98 valence electrons. The smallest absolute Gasteiger partial charge is 0.242 e. The van der Waals surface area contributed by atoms with Crippen LogP contribution in [0.2, 0.25) is 5.02 Å². The summed E-state index contributed by atoms with van der Waals surface area (Å²) in [5, 5.41) is 0.126. The molecular formula is C11H13ClN2O2S2. The fourth-order valence-electron chi connectivity index (χ4n) is 1.62. The molecule has 1 aromatic carbocycles. The number of halogens is 1. The predicted octanol–water partition coefficient (Wildman–Crippen LogP) is 1.66. The molecule has 1 fully saturated rings. The Morgan fingerprint density at radius 1 is 1.56 bits per heavy atom. The van der Waals surface area contributed by atoms with Gasteiger partial charge in [-0.2, -0.15) is 0 Å². The van der Waals surface area contributed by atoms with Crippen LogP contribution in [0.3, 0.4) is 0 Å². The number of benzene rings is 1. The Morgan fingerprint density at radius 3 is 2.61 bits per heavy atom. The zero-order chi connectivity index (χ0) is 13.5. The molecule has 1 aromatic rings. The summed E-state index contributed by atoms with van der Waals surface area (Å²) in [5.41, 5.74) is 6.01. The number of nitrogens with two attached hydrogens (primary N) is 1. The lowest BCUT2D eigenvalue weighted by Gasteiger charge is -2.09. The van der Waals surface area contributed by atoms with Gasteiger partial charge in [-0.3, -0.25) is 0 Å². The Labute approximate surface area is 117 Å². The summed E-state index contributed by atoms with van der Waals surface area (Å²) in [6.45, 7) is 1.99. The van der Waals surface area contributed by atoms with Crippen molar-refractivity contribution in [2.24, 2.45) is 11.7 Å². The minimum absolute atomic E-state index is 0.0151. The highest BCUT2D eigenvalue weighted by Gasteiger charge is 2.36. The van der Waals surface area contributed by atoms with E-state index in [0.29, 0.717) is 11.5 Å². The topological polar surface area (TPSA) is 72.2 Å². The lowest BCUT2D eigenvalue weighted by Crippen LogP contribution is -2.27. The molecule has 1 aliphatic rings. The summed E-state index contributed by atoms with van der Waals surface area (Å²) in [7, 11) is -3.57. The van der Waals surface area contributed by atoms with E-state index < -0.39 is 10.0 Å². The lowest BCUT2D eigenvalue weighted by atomic mass is 10.2. The molecule has 2 unspecified atom stereocenters. The van der Waals surface area contributed by atoms with Crippen LogP contribution in [-0.4, -0.2) is 19.4 Å². The summed E-state index contributed by atoms with van der Waals surface area (Å²) in [5.74, 6) is 0.384. The van der Waals surface area contributed by atoms with Crippen molar-refractivity contribution < 1.29 is 8.42 Å². The predicted molar refractivity (Wildman–Crippen MR) is 75.2 cm³/mol. The van der Waals surface area contributed by atoms with Crippen molar-refractivity contribution in [2.75, 3.05) is 0 Å². The maximum absolute atomic E-state index is 12.1. The molecule has 4 nitrogen and oxygen atoms in total. The molecule has 0 aromatic heterocycles. The minimum Gasteiger partial charge on any atom is -0.389 e. The monoisotopic (exact) mass is 304 g/mol. The van der Waals surface area contributed by atoms with Crippen LogP contribution >= 0.6 is 23.8 Å². The Kier molecular flexibility index (Phi) is 3.64. The maximum atomic E-state index is 12.1. The van der Waals surface area contributed by atoms with Gasteiger partial charge in [0.05, 0.1) is 5.02 Å². The molecule has 0 heterocycles. The quantitative estimate of drug-likeness (QED) is 0.830. The van der Waals surface area contributed by atoms with Crippen molar-refractivity contribution in [1.29, 1.82) is 0 Å². The Bertz CT molecular complexity index is 601.